The van der Waals surface area contributed by atoms with Gasteiger partial charge in [0.1, 0.15) is 0 Å². The summed E-state index contributed by atoms with van der Waals surface area (Å²) in [5.74, 6) is 0. The first-order valence-electron chi connectivity index (χ1n) is 6.48. The van der Waals surface area contributed by atoms with Gasteiger partial charge in [-0.2, -0.15) is 5.10 Å². The van der Waals surface area contributed by atoms with E-state index in [0.717, 1.165) is 11.0 Å². The van der Waals surface area contributed by atoms with E-state index in [1.165, 1.54) is 0 Å². The third-order valence-electron chi connectivity index (χ3n) is 3.76. The monoisotopic (exact) mass is 277 g/mol. The van der Waals surface area contributed by atoms with E-state index in [1.54, 1.807) is 57.9 Å². The number of fused-ring (bicyclic) bond motifs is 1. The van der Waals surface area contributed by atoms with Crippen LogP contribution in [-0.4, -0.2) is 43.2 Å². The molecule has 0 fully saturated rings. The van der Waals surface area contributed by atoms with Gasteiger partial charge in [0.25, 0.3) is 0 Å². The van der Waals surface area contributed by atoms with Gasteiger partial charge in [-0.25, -0.2) is 4.98 Å². The smallest absolute Gasteiger partial charge is 0.423 e. The van der Waals surface area contributed by atoms with Gasteiger partial charge >= 0.3 is 7.12 Å². The summed E-state index contributed by atoms with van der Waals surface area (Å²) >= 11 is 0. The second-order valence-electron chi connectivity index (χ2n) is 5.99. The Labute approximate surface area is 118 Å². The molecule has 108 valence electrons. The van der Waals surface area contributed by atoms with Gasteiger partial charge < -0.3 is 14.8 Å². The summed E-state index contributed by atoms with van der Waals surface area (Å²) in [6.45, 7) is 6.74. The molecule has 0 radical (unpaired) electrons. The third-order valence-corrected chi connectivity index (χ3v) is 3.76. The van der Waals surface area contributed by atoms with Gasteiger partial charge in [0.2, 0.25) is 0 Å². The van der Waals surface area contributed by atoms with Crippen molar-refractivity contribution in [2.24, 2.45) is 7.05 Å². The predicted octanol–water partition coefficient (Wildman–Crippen LogP) is 0.222. The molecule has 2 N–H and O–H groups in total. The molecule has 6 nitrogen and oxygen atoms in total. The van der Waals surface area contributed by atoms with Crippen molar-refractivity contribution < 1.29 is 14.8 Å². The number of nitrogens with zero attached hydrogens (tertiary/aromatic N) is 3. The fourth-order valence-electron chi connectivity index (χ4n) is 1.69. The third kappa shape index (κ3) is 2.70. The zero-order valence-electron chi connectivity index (χ0n) is 12.5. The van der Waals surface area contributed by atoms with E-state index in [1.807, 2.05) is 0 Å². The van der Waals surface area contributed by atoms with E-state index in [9.17, 15) is 10.1 Å². The lowest BCUT2D eigenvalue weighted by Crippen LogP contribution is -2.53. The molecule has 2 heterocycles. The van der Waals surface area contributed by atoms with Crippen LogP contribution >= 0.6 is 0 Å². The molecule has 2 rings (SSSR count). The van der Waals surface area contributed by atoms with Crippen molar-refractivity contribution >= 4 is 23.6 Å². The van der Waals surface area contributed by atoms with Gasteiger partial charge in [0.15, 0.2) is 5.65 Å². The van der Waals surface area contributed by atoms with E-state index >= 15 is 0 Å². The first-order valence-corrected chi connectivity index (χ1v) is 6.48. The Morgan fingerprint density at radius 1 is 1.25 bits per heavy atom. The van der Waals surface area contributed by atoms with Crippen molar-refractivity contribution in [3.05, 3.63) is 18.5 Å². The average Bonchev–Trinajstić information content (AvgIpc) is 2.68. The molecule has 7 heteroatoms. The fraction of sp³-hybridized carbons (Fsp3) is 0.538. The van der Waals surface area contributed by atoms with Gasteiger partial charge in [0, 0.05) is 24.1 Å². The molecular weight excluding hydrogens is 257 g/mol. The van der Waals surface area contributed by atoms with E-state index in [2.05, 4.69) is 10.1 Å². The highest BCUT2D eigenvalue weighted by atomic mass is 16.5. The summed E-state index contributed by atoms with van der Waals surface area (Å²) in [7, 11) is 0.646. The van der Waals surface area contributed by atoms with Crippen LogP contribution in [0.2, 0.25) is 0 Å². The Kier molecular flexibility index (Phi) is 3.62. The number of pyridine rings is 1. The second kappa shape index (κ2) is 4.84. The number of aliphatic hydroxyl groups is 1. The van der Waals surface area contributed by atoms with Crippen molar-refractivity contribution in [3.8, 4) is 0 Å². The first kappa shape index (κ1) is 15.0. The van der Waals surface area contributed by atoms with Crippen molar-refractivity contribution in [3.63, 3.8) is 0 Å². The molecule has 0 unspecified atom stereocenters. The summed E-state index contributed by atoms with van der Waals surface area (Å²) in [4.78, 5) is 4.25. The van der Waals surface area contributed by atoms with Gasteiger partial charge in [-0.05, 0) is 33.8 Å². The quantitative estimate of drug-likeness (QED) is 0.781. The lowest BCUT2D eigenvalue weighted by atomic mass is 9.77. The minimum atomic E-state index is -1.16. The number of rotatable bonds is 4. The van der Waals surface area contributed by atoms with Crippen LogP contribution in [-0.2, 0) is 11.7 Å². The Morgan fingerprint density at radius 2 is 1.90 bits per heavy atom. The normalized spacial score (nSPS) is 12.9. The summed E-state index contributed by atoms with van der Waals surface area (Å²) in [5, 5.41) is 25.2. The molecule has 2 aromatic heterocycles. The summed E-state index contributed by atoms with van der Waals surface area (Å²) in [6, 6.07) is 1.78. The minimum Gasteiger partial charge on any atom is -0.423 e. The molecule has 0 bridgehead atoms. The lowest BCUT2D eigenvalue weighted by Gasteiger charge is -2.38. The molecule has 0 aromatic carbocycles. The van der Waals surface area contributed by atoms with Gasteiger partial charge in [0.05, 0.1) is 17.4 Å². The standard InChI is InChI=1S/C13H20BN3O3/c1-12(2,18)13(3,4)20-14(19)10-6-9-7-16-17(5)11(9)15-8-10/h6-8,18-19H,1-5H3. The summed E-state index contributed by atoms with van der Waals surface area (Å²) < 4.78 is 7.24. The van der Waals surface area contributed by atoms with Crippen molar-refractivity contribution in [1.82, 2.24) is 14.8 Å². The molecule has 0 spiro atoms. The summed E-state index contributed by atoms with van der Waals surface area (Å²) in [5.41, 5.74) is -0.721. The molecule has 0 saturated heterocycles. The number of aryl methyl sites for hydroxylation is 1. The van der Waals surface area contributed by atoms with Gasteiger partial charge in [-0.1, -0.05) is 0 Å². The van der Waals surface area contributed by atoms with Gasteiger partial charge in [-0.15, -0.1) is 0 Å². The Morgan fingerprint density at radius 3 is 2.50 bits per heavy atom. The maximum atomic E-state index is 10.2. The van der Waals surface area contributed by atoms with Crippen molar-refractivity contribution in [2.45, 2.75) is 38.9 Å². The zero-order chi connectivity index (χ0) is 15.1. The van der Waals surface area contributed by atoms with Crippen LogP contribution in [0.4, 0.5) is 0 Å². The van der Waals surface area contributed by atoms with Crippen LogP contribution in [0.25, 0.3) is 11.0 Å². The van der Waals surface area contributed by atoms with Crippen LogP contribution in [0, 0.1) is 0 Å². The molecule has 0 saturated carbocycles. The van der Waals surface area contributed by atoms with E-state index in [4.69, 9.17) is 4.65 Å². The lowest BCUT2D eigenvalue weighted by molar-refractivity contribution is -0.0982. The molecular formula is C13H20BN3O3. The molecule has 2 aromatic rings. The van der Waals surface area contributed by atoms with E-state index < -0.39 is 18.3 Å². The van der Waals surface area contributed by atoms with Crippen LogP contribution in [0.3, 0.4) is 0 Å². The van der Waals surface area contributed by atoms with Crippen LogP contribution in [0.15, 0.2) is 18.5 Å². The van der Waals surface area contributed by atoms with Crippen molar-refractivity contribution in [2.75, 3.05) is 0 Å². The second-order valence-corrected chi connectivity index (χ2v) is 5.99. The molecule has 0 aliphatic carbocycles. The van der Waals surface area contributed by atoms with Crippen LogP contribution in [0.1, 0.15) is 27.7 Å². The molecule has 20 heavy (non-hydrogen) atoms. The maximum absolute atomic E-state index is 10.2. The topological polar surface area (TPSA) is 80.4 Å². The Hall–Kier alpha value is -1.44. The molecule has 0 aliphatic rings. The highest BCUT2D eigenvalue weighted by Crippen LogP contribution is 2.25. The van der Waals surface area contributed by atoms with Crippen LogP contribution in [0.5, 0.6) is 0 Å². The fourth-order valence-corrected chi connectivity index (χ4v) is 1.69. The molecule has 0 amide bonds. The maximum Gasteiger partial charge on any atom is 0.493 e. The number of hydrogen-bond donors (Lipinski definition) is 2. The van der Waals surface area contributed by atoms with Gasteiger partial charge in [-0.3, -0.25) is 4.68 Å². The Balaban J connectivity index is 2.25. The highest BCUT2D eigenvalue weighted by molar-refractivity contribution is 6.60. The largest absolute Gasteiger partial charge is 0.493 e. The van der Waals surface area contributed by atoms with Crippen molar-refractivity contribution in [1.29, 1.82) is 0 Å². The number of aromatic nitrogens is 3. The first-order chi connectivity index (χ1) is 9.12. The Bertz CT molecular complexity index is 619. The average molecular weight is 277 g/mol. The molecule has 0 atom stereocenters. The molecule has 0 aliphatic heterocycles. The van der Waals surface area contributed by atoms with E-state index in [0.29, 0.717) is 5.46 Å². The van der Waals surface area contributed by atoms with Crippen LogP contribution < -0.4 is 5.46 Å². The van der Waals surface area contributed by atoms with E-state index in [-0.39, 0.29) is 0 Å². The SMILES string of the molecule is Cn1ncc2cc(B(O)OC(C)(C)C(C)(C)O)cnc21. The zero-order valence-corrected chi connectivity index (χ0v) is 12.5. The highest BCUT2D eigenvalue weighted by Gasteiger charge is 2.39. The predicted molar refractivity (Wildman–Crippen MR) is 77.6 cm³/mol. The summed E-state index contributed by atoms with van der Waals surface area (Å²) in [6.07, 6.45) is 3.23. The minimum absolute atomic E-state index is 0.530. The number of hydrogen-bond acceptors (Lipinski definition) is 5.